The zero-order valence-electron chi connectivity index (χ0n) is 6.18. The molecule has 54 valence electrons. The summed E-state index contributed by atoms with van der Waals surface area (Å²) in [6.45, 7) is 0. The molecule has 0 saturated heterocycles. The molecule has 0 amide bonds. The summed E-state index contributed by atoms with van der Waals surface area (Å²) in [6, 6.07) is 0. The fraction of sp³-hybridized carbons (Fsp3) is 0. The van der Waals surface area contributed by atoms with Gasteiger partial charge in [-0.3, -0.25) is 0 Å². The maximum atomic E-state index is 8.88. The molecule has 0 aliphatic carbocycles. The Morgan fingerprint density at radius 2 is 1.22 bits per heavy atom. The van der Waals surface area contributed by atoms with Crippen molar-refractivity contribution in [2.75, 3.05) is 0 Å². The molecule has 9 heteroatoms. The van der Waals surface area contributed by atoms with Crippen molar-refractivity contribution in [3.63, 3.8) is 0 Å². The van der Waals surface area contributed by atoms with Gasteiger partial charge >= 0.3 is 30.9 Å². The van der Waals surface area contributed by atoms with Crippen molar-refractivity contribution in [3.05, 3.63) is 0 Å². The summed E-state index contributed by atoms with van der Waals surface area (Å²) in [4.78, 5) is 21.6. The van der Waals surface area contributed by atoms with Gasteiger partial charge in [-0.25, -0.2) is 4.57 Å². The normalized spacial score (nSPS) is 6.56. The molecule has 2 radical (unpaired) electrons. The van der Waals surface area contributed by atoms with E-state index in [2.05, 4.69) is 0 Å². The number of phosphoric acid groups is 1. The third-order valence-electron chi connectivity index (χ3n) is 0. The molecule has 0 aliphatic heterocycles. The first-order chi connectivity index (χ1) is 2.00. The van der Waals surface area contributed by atoms with Gasteiger partial charge < -0.3 is 17.5 Å². The summed E-state index contributed by atoms with van der Waals surface area (Å²) in [5.74, 6) is 0. The van der Waals surface area contributed by atoms with Crippen LogP contribution in [0.1, 0.15) is 2.85 Å². The molecule has 0 aromatic heterocycles. The Hall–Kier alpha value is 2.68. The first kappa shape index (κ1) is 29.9. The van der Waals surface area contributed by atoms with E-state index < -0.39 is 7.82 Å². The monoisotopic (exact) mass is 282 g/mol. The second-order valence-corrected chi connectivity index (χ2v) is 1.54. The van der Waals surface area contributed by atoms with Crippen molar-refractivity contribution in [1.29, 1.82) is 0 Å². The Kier molecular flexibility index (Phi) is 44.1. The average Bonchev–Trinajstić information content (AvgIpc) is 0.722. The van der Waals surface area contributed by atoms with Crippen LogP contribution in [0.15, 0.2) is 0 Å². The topological polar surface area (TPSA) is 77.8 Å². The van der Waals surface area contributed by atoms with E-state index in [1.165, 1.54) is 0 Å². The fourth-order valence-corrected chi connectivity index (χ4v) is 0. The maximum Gasteiger partial charge on any atom is 2.00 e. The molecular formula is H5CoMgO4PTiV. The molecule has 0 aromatic rings. The summed E-state index contributed by atoms with van der Waals surface area (Å²) in [5, 5.41) is 0. The number of hydrogen-bond acceptors (Lipinski definition) is 1. The third-order valence-corrected chi connectivity index (χ3v) is 0. The van der Waals surface area contributed by atoms with Crippen molar-refractivity contribution < 1.29 is 79.2 Å². The molecule has 0 bridgehead atoms. The van der Waals surface area contributed by atoms with Crippen LogP contribution in [0.2, 0.25) is 0 Å². The van der Waals surface area contributed by atoms with Crippen LogP contribution in [-0.4, -0.2) is 37.7 Å². The molecule has 0 saturated carbocycles. The van der Waals surface area contributed by atoms with Crippen LogP contribution >= 0.6 is 7.82 Å². The Bertz CT molecular complexity index is 74.2. The smallest absolute Gasteiger partial charge is 1.00 e. The molecule has 0 atom stereocenters. The number of hydrogen-bond donors (Lipinski definition) is 3. The second kappa shape index (κ2) is 13.3. The predicted octanol–water partition coefficient (Wildman–Crippen LogP) is -1.09. The molecule has 9 heavy (non-hydrogen) atoms. The maximum absolute atomic E-state index is 8.88. The molecule has 0 fully saturated rings. The van der Waals surface area contributed by atoms with Crippen LogP contribution in [0, 0.1) is 0 Å². The van der Waals surface area contributed by atoms with Crippen LogP contribution in [0.4, 0.5) is 0 Å². The zero-order chi connectivity index (χ0) is 4.50. The Balaban J connectivity index is -0.00000000533. The third kappa shape index (κ3) is 112. The van der Waals surface area contributed by atoms with Crippen LogP contribution in [0.5, 0.6) is 0 Å². The molecule has 0 unspecified atom stereocenters. The summed E-state index contributed by atoms with van der Waals surface area (Å²) in [6.07, 6.45) is 0. The summed E-state index contributed by atoms with van der Waals surface area (Å²) < 4.78 is 8.88. The van der Waals surface area contributed by atoms with Crippen molar-refractivity contribution in [1.82, 2.24) is 0 Å². The molecule has 4 nitrogen and oxygen atoms in total. The van der Waals surface area contributed by atoms with E-state index in [-0.39, 0.29) is 83.0 Å². The second-order valence-electron chi connectivity index (χ2n) is 0.513. The minimum absolute atomic E-state index is 0. The van der Waals surface area contributed by atoms with Gasteiger partial charge in [0.2, 0.25) is 0 Å². The van der Waals surface area contributed by atoms with E-state index in [4.69, 9.17) is 19.2 Å². The molecule has 0 heterocycles. The first-order valence-corrected chi connectivity index (χ1v) is 2.35. The van der Waals surface area contributed by atoms with Crippen molar-refractivity contribution in [3.8, 4) is 0 Å². The van der Waals surface area contributed by atoms with Crippen LogP contribution in [-0.2, 0) is 61.6 Å². The zero-order valence-corrected chi connectivity index (χ0v) is 10.5. The van der Waals surface area contributed by atoms with Gasteiger partial charge in [0, 0.05) is 57.1 Å². The Morgan fingerprint density at radius 3 is 1.22 bits per heavy atom. The SMILES string of the molecule is O=P(O)(O)O.[Co].[H-].[H-].[Mg+2].[Ti].[V]. The first-order valence-electron chi connectivity index (χ1n) is 0.783. The number of rotatable bonds is 0. The van der Waals surface area contributed by atoms with Gasteiger partial charge in [-0.2, -0.15) is 0 Å². The summed E-state index contributed by atoms with van der Waals surface area (Å²) in [7, 11) is -4.64. The van der Waals surface area contributed by atoms with Crippen molar-refractivity contribution in [2.45, 2.75) is 0 Å². The molecule has 3 N–H and O–H groups in total. The molecule has 0 rings (SSSR count). The predicted molar refractivity (Wildman–Crippen MR) is 22.2 cm³/mol. The van der Waals surface area contributed by atoms with Gasteiger partial charge in [0.05, 0.1) is 0 Å². The molecule has 0 spiro atoms. The molecule has 0 aliphatic rings. The van der Waals surface area contributed by atoms with Crippen LogP contribution in [0.3, 0.4) is 0 Å². The molecule has 0 aromatic carbocycles. The Labute approximate surface area is 109 Å². The van der Waals surface area contributed by atoms with Crippen molar-refractivity contribution in [2.24, 2.45) is 0 Å². The van der Waals surface area contributed by atoms with Crippen LogP contribution < -0.4 is 0 Å². The Morgan fingerprint density at radius 1 is 1.22 bits per heavy atom. The van der Waals surface area contributed by atoms with Gasteiger partial charge in [0.1, 0.15) is 0 Å². The van der Waals surface area contributed by atoms with E-state index in [1.54, 1.807) is 0 Å². The quantitative estimate of drug-likeness (QED) is 0.390. The van der Waals surface area contributed by atoms with Gasteiger partial charge in [-0.05, 0) is 0 Å². The summed E-state index contributed by atoms with van der Waals surface area (Å²) >= 11 is 0. The van der Waals surface area contributed by atoms with E-state index in [9.17, 15) is 0 Å². The fourth-order valence-electron chi connectivity index (χ4n) is 0. The van der Waals surface area contributed by atoms with E-state index in [1.807, 2.05) is 0 Å². The van der Waals surface area contributed by atoms with Gasteiger partial charge in [-0.1, -0.05) is 0 Å². The van der Waals surface area contributed by atoms with E-state index in [0.29, 0.717) is 0 Å². The largest absolute Gasteiger partial charge is 2.00 e. The van der Waals surface area contributed by atoms with Gasteiger partial charge in [0.25, 0.3) is 0 Å². The summed E-state index contributed by atoms with van der Waals surface area (Å²) in [5.41, 5.74) is 0. The van der Waals surface area contributed by atoms with Crippen molar-refractivity contribution >= 4 is 30.9 Å². The standard InChI is InChI=1S/Co.Mg.H3O4P.Ti.V.2H/c;;1-5(2,3)4;;;;/h;;(H3,1,2,3,4);;;;/q;+2;;;;2*-1. The van der Waals surface area contributed by atoms with Gasteiger partial charge in [-0.15, -0.1) is 0 Å². The minimum atomic E-state index is -4.64. The average molecular weight is 282 g/mol. The van der Waals surface area contributed by atoms with E-state index >= 15 is 0 Å². The van der Waals surface area contributed by atoms with Gasteiger partial charge in [0.15, 0.2) is 0 Å². The molecular weight excluding hydrogens is 277 g/mol. The van der Waals surface area contributed by atoms with E-state index in [0.717, 1.165) is 0 Å². The minimum Gasteiger partial charge on any atom is -1.00 e. The van der Waals surface area contributed by atoms with Crippen LogP contribution in [0.25, 0.3) is 0 Å².